The number of nitrogens with one attached hydrogen (secondary N) is 1. The Morgan fingerprint density at radius 1 is 1.50 bits per heavy atom. The van der Waals surface area contributed by atoms with Crippen LogP contribution in [0.4, 0.5) is 4.79 Å². The van der Waals surface area contributed by atoms with E-state index in [4.69, 9.17) is 0 Å². The number of primary amides is 1. The van der Waals surface area contributed by atoms with E-state index in [0.717, 1.165) is 0 Å². The van der Waals surface area contributed by atoms with Crippen LogP contribution in [-0.4, -0.2) is 26.3 Å². The molecule has 0 aromatic carbocycles. The number of carbonyl (C=O) groups excluding carboxylic acids is 1. The highest BCUT2D eigenvalue weighted by Gasteiger charge is 1.93. The normalized spacial score (nSPS) is 15.3. The summed E-state index contributed by atoms with van der Waals surface area (Å²) in [6, 6.07) is 0. The minimum Gasteiger partial charge on any atom is -0.453 e. The lowest BCUT2D eigenvalue weighted by Crippen LogP contribution is -2.08. The van der Waals surface area contributed by atoms with Crippen LogP contribution in [0.2, 0.25) is 0 Å². The third-order valence-corrected chi connectivity index (χ3v) is 1.16. The average Bonchev–Trinajstić information content (AvgIpc) is 2.43. The standard InChI is InChI=1S/C4H9N.C2H5NO2/c1-2-4-5-3-1;1-5-2(3)4/h5H,1-4H2;1H3,(H2,3,4). The molecule has 1 amide bonds. The first-order valence-electron chi connectivity index (χ1n) is 3.31. The lowest BCUT2D eigenvalue weighted by atomic mass is 10.4. The SMILES string of the molecule is C1CCNC1.COC(N)=O. The molecule has 0 radical (unpaired) electrons. The van der Waals surface area contributed by atoms with Crippen LogP contribution < -0.4 is 11.1 Å². The highest BCUT2D eigenvalue weighted by atomic mass is 16.5. The fourth-order valence-corrected chi connectivity index (χ4v) is 0.625. The Bertz CT molecular complexity index is 84.1. The summed E-state index contributed by atoms with van der Waals surface area (Å²) in [6.07, 6.45) is 2.03. The molecular weight excluding hydrogens is 132 g/mol. The molecule has 10 heavy (non-hydrogen) atoms. The molecule has 3 N–H and O–H groups in total. The van der Waals surface area contributed by atoms with Crippen molar-refractivity contribution in [2.45, 2.75) is 12.8 Å². The highest BCUT2D eigenvalue weighted by molar-refractivity contribution is 5.64. The summed E-state index contributed by atoms with van der Waals surface area (Å²) in [6.45, 7) is 2.50. The van der Waals surface area contributed by atoms with E-state index >= 15 is 0 Å². The third kappa shape index (κ3) is 7.23. The van der Waals surface area contributed by atoms with Gasteiger partial charge in [-0.05, 0) is 25.9 Å². The molecule has 1 heterocycles. The number of hydrogen-bond donors (Lipinski definition) is 2. The second-order valence-corrected chi connectivity index (χ2v) is 1.98. The van der Waals surface area contributed by atoms with Gasteiger partial charge in [0.05, 0.1) is 7.11 Å². The van der Waals surface area contributed by atoms with Crippen LogP contribution in [0.5, 0.6) is 0 Å². The minimum atomic E-state index is -0.745. The van der Waals surface area contributed by atoms with E-state index in [9.17, 15) is 4.79 Å². The molecular formula is C6H14N2O2. The first-order chi connectivity index (χ1) is 4.77. The van der Waals surface area contributed by atoms with Gasteiger partial charge in [-0.2, -0.15) is 0 Å². The van der Waals surface area contributed by atoms with Crippen molar-refractivity contribution in [1.29, 1.82) is 0 Å². The van der Waals surface area contributed by atoms with Crippen LogP contribution in [-0.2, 0) is 4.74 Å². The Balaban J connectivity index is 0.000000162. The number of hydrogen-bond acceptors (Lipinski definition) is 3. The number of methoxy groups -OCH3 is 1. The summed E-state index contributed by atoms with van der Waals surface area (Å²) in [5, 5.41) is 3.22. The summed E-state index contributed by atoms with van der Waals surface area (Å²) < 4.78 is 3.89. The van der Waals surface area contributed by atoms with Crippen molar-refractivity contribution in [2.75, 3.05) is 20.2 Å². The fourth-order valence-electron chi connectivity index (χ4n) is 0.625. The third-order valence-electron chi connectivity index (χ3n) is 1.16. The highest BCUT2D eigenvalue weighted by Crippen LogP contribution is 1.90. The van der Waals surface area contributed by atoms with Gasteiger partial charge in [0.2, 0.25) is 0 Å². The maximum absolute atomic E-state index is 9.37. The second kappa shape index (κ2) is 6.35. The van der Waals surface area contributed by atoms with E-state index in [0.29, 0.717) is 0 Å². The van der Waals surface area contributed by atoms with Gasteiger partial charge in [0.1, 0.15) is 0 Å². The van der Waals surface area contributed by atoms with E-state index in [2.05, 4.69) is 15.8 Å². The van der Waals surface area contributed by atoms with Gasteiger partial charge in [-0.15, -0.1) is 0 Å². The molecule has 0 bridgehead atoms. The first-order valence-corrected chi connectivity index (χ1v) is 3.31. The molecule has 1 saturated heterocycles. The number of amides is 1. The van der Waals surface area contributed by atoms with E-state index in [-0.39, 0.29) is 0 Å². The topological polar surface area (TPSA) is 64.3 Å². The summed E-state index contributed by atoms with van der Waals surface area (Å²) in [4.78, 5) is 9.37. The van der Waals surface area contributed by atoms with E-state index in [1.54, 1.807) is 0 Å². The molecule has 60 valence electrons. The van der Waals surface area contributed by atoms with Crippen LogP contribution in [0, 0.1) is 0 Å². The molecule has 1 fully saturated rings. The Hall–Kier alpha value is -0.770. The lowest BCUT2D eigenvalue weighted by molar-refractivity contribution is 0.182. The molecule has 1 aliphatic rings. The van der Waals surface area contributed by atoms with E-state index in [1.807, 2.05) is 0 Å². The number of ether oxygens (including phenoxy) is 1. The summed E-state index contributed by atoms with van der Waals surface area (Å²) in [5.41, 5.74) is 4.43. The largest absolute Gasteiger partial charge is 0.453 e. The molecule has 0 aliphatic carbocycles. The average molecular weight is 146 g/mol. The molecule has 0 aromatic heterocycles. The van der Waals surface area contributed by atoms with Gasteiger partial charge in [-0.1, -0.05) is 0 Å². The number of nitrogens with two attached hydrogens (primary N) is 1. The quantitative estimate of drug-likeness (QED) is 0.508. The predicted molar refractivity (Wildman–Crippen MR) is 38.7 cm³/mol. The van der Waals surface area contributed by atoms with Crippen molar-refractivity contribution in [3.05, 3.63) is 0 Å². The monoisotopic (exact) mass is 146 g/mol. The molecule has 4 nitrogen and oxygen atoms in total. The van der Waals surface area contributed by atoms with Gasteiger partial charge < -0.3 is 15.8 Å². The van der Waals surface area contributed by atoms with Gasteiger partial charge in [-0.3, -0.25) is 0 Å². The van der Waals surface area contributed by atoms with Gasteiger partial charge in [0, 0.05) is 0 Å². The van der Waals surface area contributed by atoms with Crippen LogP contribution in [0.3, 0.4) is 0 Å². The van der Waals surface area contributed by atoms with Crippen molar-refractivity contribution >= 4 is 6.09 Å². The maximum atomic E-state index is 9.37. The Labute approximate surface area is 60.7 Å². The maximum Gasteiger partial charge on any atom is 0.404 e. The molecule has 0 spiro atoms. The molecule has 0 unspecified atom stereocenters. The molecule has 0 atom stereocenters. The Kier molecular flexibility index (Phi) is 5.86. The van der Waals surface area contributed by atoms with E-state index < -0.39 is 6.09 Å². The van der Waals surface area contributed by atoms with Crippen LogP contribution in [0.15, 0.2) is 0 Å². The molecule has 0 aromatic rings. The second-order valence-electron chi connectivity index (χ2n) is 1.98. The number of carbonyl (C=O) groups is 1. The van der Waals surface area contributed by atoms with Gasteiger partial charge in [0.15, 0.2) is 0 Å². The molecule has 1 rings (SSSR count). The zero-order valence-corrected chi connectivity index (χ0v) is 6.22. The lowest BCUT2D eigenvalue weighted by Gasteiger charge is -1.81. The fraction of sp³-hybridized carbons (Fsp3) is 0.833. The smallest absolute Gasteiger partial charge is 0.404 e. The van der Waals surface area contributed by atoms with Gasteiger partial charge in [0.25, 0.3) is 0 Å². The summed E-state index contributed by atoms with van der Waals surface area (Å²) >= 11 is 0. The zero-order chi connectivity index (χ0) is 7.82. The molecule has 4 heteroatoms. The zero-order valence-electron chi connectivity index (χ0n) is 6.22. The van der Waals surface area contributed by atoms with Crippen LogP contribution >= 0.6 is 0 Å². The van der Waals surface area contributed by atoms with Crippen LogP contribution in [0.25, 0.3) is 0 Å². The van der Waals surface area contributed by atoms with Crippen molar-refractivity contribution in [3.8, 4) is 0 Å². The van der Waals surface area contributed by atoms with Gasteiger partial charge >= 0.3 is 6.09 Å². The van der Waals surface area contributed by atoms with Crippen LogP contribution in [0.1, 0.15) is 12.8 Å². The Morgan fingerprint density at radius 2 is 1.90 bits per heavy atom. The predicted octanol–water partition coefficient (Wildman–Crippen LogP) is 0.0813. The summed E-state index contributed by atoms with van der Waals surface area (Å²) in [7, 11) is 1.22. The van der Waals surface area contributed by atoms with Crippen molar-refractivity contribution in [1.82, 2.24) is 5.32 Å². The van der Waals surface area contributed by atoms with Gasteiger partial charge in [-0.25, -0.2) is 4.79 Å². The molecule has 0 saturated carbocycles. The first kappa shape index (κ1) is 9.23. The van der Waals surface area contributed by atoms with Crippen molar-refractivity contribution < 1.29 is 9.53 Å². The summed E-state index contributed by atoms with van der Waals surface area (Å²) in [5.74, 6) is 0. The minimum absolute atomic E-state index is 0.745. The van der Waals surface area contributed by atoms with E-state index in [1.165, 1.54) is 33.0 Å². The van der Waals surface area contributed by atoms with Crippen molar-refractivity contribution in [3.63, 3.8) is 0 Å². The Morgan fingerprint density at radius 3 is 2.00 bits per heavy atom. The van der Waals surface area contributed by atoms with Crippen molar-refractivity contribution in [2.24, 2.45) is 5.73 Å². The number of rotatable bonds is 0. The molecule has 1 aliphatic heterocycles.